The molecule has 20 heavy (non-hydrogen) atoms. The van der Waals surface area contributed by atoms with E-state index in [9.17, 15) is 18.0 Å². The minimum atomic E-state index is -2.61. The van der Waals surface area contributed by atoms with Gasteiger partial charge in [-0.1, -0.05) is 0 Å². The number of alkyl halides is 2. The average molecular weight is 291 g/mol. The van der Waals surface area contributed by atoms with Crippen LogP contribution in [0, 0.1) is 5.82 Å². The Morgan fingerprint density at radius 1 is 1.45 bits per heavy atom. The molecule has 0 spiro atoms. The number of carbonyl (C=O) groups is 1. The maximum absolute atomic E-state index is 13.5. The van der Waals surface area contributed by atoms with E-state index in [0.29, 0.717) is 0 Å². The van der Waals surface area contributed by atoms with E-state index in [1.807, 2.05) is 0 Å². The van der Waals surface area contributed by atoms with Gasteiger partial charge in [0.25, 0.3) is 6.43 Å². The molecule has 1 rings (SSSR count). The monoisotopic (exact) mass is 291 g/mol. The van der Waals surface area contributed by atoms with Crippen molar-refractivity contribution in [3.05, 3.63) is 29.6 Å². The molecule has 0 heterocycles. The highest BCUT2D eigenvalue weighted by atomic mass is 19.3. The van der Waals surface area contributed by atoms with Crippen molar-refractivity contribution in [2.75, 3.05) is 33.4 Å². The second kappa shape index (κ2) is 7.86. The Morgan fingerprint density at radius 2 is 2.15 bits per heavy atom. The third-order valence-electron chi connectivity index (χ3n) is 2.65. The fourth-order valence-electron chi connectivity index (χ4n) is 1.71. The van der Waals surface area contributed by atoms with Gasteiger partial charge in [-0.3, -0.25) is 9.69 Å². The Balaban J connectivity index is 2.75. The van der Waals surface area contributed by atoms with Crippen LogP contribution in [-0.2, 0) is 0 Å². The van der Waals surface area contributed by atoms with E-state index < -0.39 is 24.6 Å². The highest BCUT2D eigenvalue weighted by Crippen LogP contribution is 2.18. The summed E-state index contributed by atoms with van der Waals surface area (Å²) >= 11 is 0. The van der Waals surface area contributed by atoms with Gasteiger partial charge in [0.15, 0.2) is 17.3 Å². The molecular formula is C13H16F3NO3. The van der Waals surface area contributed by atoms with Crippen LogP contribution in [0.15, 0.2) is 18.2 Å². The molecule has 0 amide bonds. The summed E-state index contributed by atoms with van der Waals surface area (Å²) in [7, 11) is 1.30. The van der Waals surface area contributed by atoms with Gasteiger partial charge >= 0.3 is 0 Å². The molecule has 0 radical (unpaired) electrons. The second-order valence-electron chi connectivity index (χ2n) is 4.12. The fourth-order valence-corrected chi connectivity index (χ4v) is 1.71. The number of rotatable bonds is 8. The van der Waals surface area contributed by atoms with Gasteiger partial charge in [0.05, 0.1) is 26.8 Å². The molecule has 0 saturated heterocycles. The van der Waals surface area contributed by atoms with Crippen LogP contribution < -0.4 is 4.74 Å². The minimum Gasteiger partial charge on any atom is -0.494 e. The number of hydrogen-bond acceptors (Lipinski definition) is 4. The molecule has 0 aliphatic carbocycles. The van der Waals surface area contributed by atoms with Gasteiger partial charge in [-0.2, -0.15) is 0 Å². The highest BCUT2D eigenvalue weighted by molar-refractivity contribution is 5.97. The van der Waals surface area contributed by atoms with Crippen LogP contribution in [-0.4, -0.2) is 55.6 Å². The van der Waals surface area contributed by atoms with Crippen LogP contribution in [0.2, 0.25) is 0 Å². The second-order valence-corrected chi connectivity index (χ2v) is 4.12. The lowest BCUT2D eigenvalue weighted by molar-refractivity contribution is 0.0688. The molecule has 0 bridgehead atoms. The van der Waals surface area contributed by atoms with Crippen LogP contribution in [0.1, 0.15) is 10.4 Å². The third kappa shape index (κ3) is 4.82. The molecule has 0 aliphatic rings. The van der Waals surface area contributed by atoms with Crippen LogP contribution in [0.5, 0.6) is 5.75 Å². The lowest BCUT2D eigenvalue weighted by Gasteiger charge is -2.19. The number of benzene rings is 1. The largest absolute Gasteiger partial charge is 0.494 e. The van der Waals surface area contributed by atoms with Crippen molar-refractivity contribution in [1.29, 1.82) is 0 Å². The standard InChI is InChI=1S/C13H16F3NO3/c1-20-12-3-2-9(6-10(12)14)11(19)7-17(4-5-18)8-13(15)16/h2-3,6,13,18H,4-5,7-8H2,1H3. The summed E-state index contributed by atoms with van der Waals surface area (Å²) < 4.78 is 42.8. The molecule has 112 valence electrons. The highest BCUT2D eigenvalue weighted by Gasteiger charge is 2.17. The van der Waals surface area contributed by atoms with Crippen LogP contribution in [0.3, 0.4) is 0 Å². The molecule has 0 atom stereocenters. The first-order chi connectivity index (χ1) is 9.47. The number of halogens is 3. The molecule has 0 saturated carbocycles. The number of carbonyl (C=O) groups excluding carboxylic acids is 1. The Labute approximate surface area is 114 Å². The van der Waals surface area contributed by atoms with Crippen molar-refractivity contribution < 1.29 is 27.8 Å². The van der Waals surface area contributed by atoms with Gasteiger partial charge in [0.2, 0.25) is 0 Å². The Morgan fingerprint density at radius 3 is 2.65 bits per heavy atom. The van der Waals surface area contributed by atoms with Gasteiger partial charge in [0.1, 0.15) is 0 Å². The first kappa shape index (κ1) is 16.5. The summed E-state index contributed by atoms with van der Waals surface area (Å²) in [6.45, 7) is -1.31. The van der Waals surface area contributed by atoms with E-state index in [1.165, 1.54) is 19.2 Å². The van der Waals surface area contributed by atoms with Crippen molar-refractivity contribution in [2.24, 2.45) is 0 Å². The molecule has 1 N–H and O–H groups in total. The molecule has 1 aromatic carbocycles. The summed E-state index contributed by atoms with van der Waals surface area (Å²) in [6, 6.07) is 3.66. The smallest absolute Gasteiger partial charge is 0.251 e. The number of aliphatic hydroxyl groups excluding tert-OH is 1. The molecule has 0 unspecified atom stereocenters. The molecule has 0 fully saturated rings. The summed E-state index contributed by atoms with van der Waals surface area (Å²) in [5.74, 6) is -1.19. The summed E-state index contributed by atoms with van der Waals surface area (Å²) in [6.07, 6.45) is -2.61. The molecule has 0 aliphatic heterocycles. The Kier molecular flexibility index (Phi) is 6.47. The summed E-state index contributed by atoms with van der Waals surface area (Å²) in [5.41, 5.74) is 0.0699. The van der Waals surface area contributed by atoms with Gasteiger partial charge in [-0.15, -0.1) is 0 Å². The summed E-state index contributed by atoms with van der Waals surface area (Å²) in [5, 5.41) is 8.77. The van der Waals surface area contributed by atoms with E-state index in [-0.39, 0.29) is 31.0 Å². The van der Waals surface area contributed by atoms with E-state index in [4.69, 9.17) is 9.84 Å². The van der Waals surface area contributed by atoms with Gasteiger partial charge < -0.3 is 9.84 Å². The number of hydrogen-bond donors (Lipinski definition) is 1. The zero-order valence-corrected chi connectivity index (χ0v) is 11.0. The number of ketones is 1. The Hall–Kier alpha value is -1.60. The number of aliphatic hydroxyl groups is 1. The first-order valence-electron chi connectivity index (χ1n) is 5.96. The topological polar surface area (TPSA) is 49.8 Å². The van der Waals surface area contributed by atoms with Crippen LogP contribution >= 0.6 is 0 Å². The normalized spacial score (nSPS) is 11.2. The predicted octanol–water partition coefficient (Wildman–Crippen LogP) is 1.58. The molecule has 7 heteroatoms. The van der Waals surface area contributed by atoms with Crippen LogP contribution in [0.4, 0.5) is 13.2 Å². The molecule has 4 nitrogen and oxygen atoms in total. The minimum absolute atomic E-state index is 0.00125. The fraction of sp³-hybridized carbons (Fsp3) is 0.462. The van der Waals surface area contributed by atoms with Crippen LogP contribution in [0.25, 0.3) is 0 Å². The SMILES string of the molecule is COc1ccc(C(=O)CN(CCO)CC(F)F)cc1F. The van der Waals surface area contributed by atoms with Crippen molar-refractivity contribution >= 4 is 5.78 Å². The molecule has 1 aromatic rings. The van der Waals surface area contributed by atoms with Crippen molar-refractivity contribution in [3.8, 4) is 5.75 Å². The van der Waals surface area contributed by atoms with Gasteiger partial charge in [0, 0.05) is 12.1 Å². The van der Waals surface area contributed by atoms with Crippen molar-refractivity contribution in [1.82, 2.24) is 4.90 Å². The zero-order chi connectivity index (χ0) is 15.1. The molecular weight excluding hydrogens is 275 g/mol. The maximum atomic E-state index is 13.5. The molecule has 0 aromatic heterocycles. The zero-order valence-electron chi connectivity index (χ0n) is 11.0. The first-order valence-corrected chi connectivity index (χ1v) is 5.96. The van der Waals surface area contributed by atoms with Gasteiger partial charge in [-0.25, -0.2) is 13.2 Å². The van der Waals surface area contributed by atoms with Gasteiger partial charge in [-0.05, 0) is 18.2 Å². The van der Waals surface area contributed by atoms with Crippen molar-refractivity contribution in [3.63, 3.8) is 0 Å². The quantitative estimate of drug-likeness (QED) is 0.739. The average Bonchev–Trinajstić information content (AvgIpc) is 2.38. The van der Waals surface area contributed by atoms with Crippen molar-refractivity contribution in [2.45, 2.75) is 6.43 Å². The Bertz CT molecular complexity index is 454. The number of nitrogens with zero attached hydrogens (tertiary/aromatic N) is 1. The van der Waals surface area contributed by atoms with E-state index in [2.05, 4.69) is 0 Å². The number of methoxy groups -OCH3 is 1. The van der Waals surface area contributed by atoms with E-state index >= 15 is 0 Å². The van der Waals surface area contributed by atoms with E-state index in [0.717, 1.165) is 11.0 Å². The lowest BCUT2D eigenvalue weighted by atomic mass is 10.1. The lowest BCUT2D eigenvalue weighted by Crippen LogP contribution is -2.36. The third-order valence-corrected chi connectivity index (χ3v) is 2.65. The van der Waals surface area contributed by atoms with E-state index in [1.54, 1.807) is 0 Å². The number of Topliss-reactive ketones (excluding diaryl/α,β-unsaturated/α-hetero) is 1. The predicted molar refractivity (Wildman–Crippen MR) is 66.8 cm³/mol. The number of ether oxygens (including phenoxy) is 1. The maximum Gasteiger partial charge on any atom is 0.251 e. The summed E-state index contributed by atoms with van der Waals surface area (Å²) in [4.78, 5) is 13.0.